The molecule has 0 radical (unpaired) electrons. The van der Waals surface area contributed by atoms with Crippen LogP contribution in [-0.2, 0) is 0 Å². The maximum atomic E-state index is 14.1. The topological polar surface area (TPSA) is 56.4 Å². The van der Waals surface area contributed by atoms with Crippen molar-refractivity contribution in [3.05, 3.63) is 122 Å². The van der Waals surface area contributed by atoms with Gasteiger partial charge in [-0.1, -0.05) is 53.6 Å². The Morgan fingerprint density at radius 3 is 1.97 bits per heavy atom. The van der Waals surface area contributed by atoms with Gasteiger partial charge in [0.2, 0.25) is 5.88 Å². The van der Waals surface area contributed by atoms with Crippen LogP contribution in [0.1, 0.15) is 35.1 Å². The minimum Gasteiger partial charge on any atom is -0.508 e. The molecule has 1 aliphatic rings. The van der Waals surface area contributed by atoms with E-state index in [1.165, 1.54) is 4.57 Å². The minimum absolute atomic E-state index is 0.120. The van der Waals surface area contributed by atoms with Gasteiger partial charge >= 0.3 is 0 Å². The number of aromatic hydroxyl groups is 1. The Labute approximate surface area is 202 Å². The Balaban J connectivity index is 1.90. The smallest absolute Gasteiger partial charge is 0.266 e. The van der Waals surface area contributed by atoms with Crippen LogP contribution in [0.15, 0.2) is 89.4 Å². The highest BCUT2D eigenvalue weighted by Crippen LogP contribution is 2.40. The first-order valence-corrected chi connectivity index (χ1v) is 11.5. The monoisotopic (exact) mass is 468 g/mol. The van der Waals surface area contributed by atoms with Gasteiger partial charge in [0, 0.05) is 11.5 Å². The Morgan fingerprint density at radius 2 is 1.38 bits per heavy atom. The number of phenolic OH excluding ortho intramolecular Hbond substituents is 1. The normalized spacial score (nSPS) is 14.8. The molecule has 1 atom stereocenters. The van der Waals surface area contributed by atoms with Gasteiger partial charge in [0.05, 0.1) is 22.7 Å². The number of aromatic nitrogens is 2. The SMILES string of the molecule is CC1=CC(c2ccccc2O)c2c(n(-c3ccc(C)cc3)c(=S)n(-c3ccc(C)cc3)c2=O)O1. The van der Waals surface area contributed by atoms with E-state index in [2.05, 4.69) is 0 Å². The van der Waals surface area contributed by atoms with Gasteiger partial charge in [-0.15, -0.1) is 0 Å². The summed E-state index contributed by atoms with van der Waals surface area (Å²) in [6.07, 6.45) is 1.86. The van der Waals surface area contributed by atoms with E-state index >= 15 is 0 Å². The first-order chi connectivity index (χ1) is 16.3. The van der Waals surface area contributed by atoms with Crippen LogP contribution in [0.3, 0.4) is 0 Å². The number of rotatable bonds is 3. The highest BCUT2D eigenvalue weighted by molar-refractivity contribution is 7.71. The third kappa shape index (κ3) is 3.66. The lowest BCUT2D eigenvalue weighted by atomic mass is 9.89. The summed E-state index contributed by atoms with van der Waals surface area (Å²) < 4.78 is 9.82. The van der Waals surface area contributed by atoms with Crippen molar-refractivity contribution in [1.82, 2.24) is 9.13 Å². The summed E-state index contributed by atoms with van der Waals surface area (Å²) in [4.78, 5) is 14.1. The lowest BCUT2D eigenvalue weighted by Crippen LogP contribution is -2.31. The second-order valence-electron chi connectivity index (χ2n) is 8.56. The number of hydrogen-bond donors (Lipinski definition) is 1. The van der Waals surface area contributed by atoms with E-state index in [9.17, 15) is 9.90 Å². The molecular formula is C28H24N2O3S. The van der Waals surface area contributed by atoms with E-state index in [1.54, 1.807) is 16.7 Å². The number of allylic oxidation sites excluding steroid dienone is 2. The van der Waals surface area contributed by atoms with Gasteiger partial charge < -0.3 is 9.84 Å². The summed E-state index contributed by atoms with van der Waals surface area (Å²) in [5.41, 5.74) is 4.43. The number of benzene rings is 3. The van der Waals surface area contributed by atoms with E-state index in [0.29, 0.717) is 33.2 Å². The minimum atomic E-state index is -0.499. The summed E-state index contributed by atoms with van der Waals surface area (Å²) >= 11 is 5.89. The summed E-state index contributed by atoms with van der Waals surface area (Å²) in [7, 11) is 0. The lowest BCUT2D eigenvalue weighted by molar-refractivity contribution is 0.371. The fraction of sp³-hybridized carbons (Fsp3) is 0.143. The van der Waals surface area contributed by atoms with E-state index in [1.807, 2.05) is 87.5 Å². The van der Waals surface area contributed by atoms with Crippen molar-refractivity contribution < 1.29 is 9.84 Å². The highest BCUT2D eigenvalue weighted by atomic mass is 32.1. The van der Waals surface area contributed by atoms with E-state index < -0.39 is 5.92 Å². The molecule has 1 unspecified atom stereocenters. The van der Waals surface area contributed by atoms with Crippen molar-refractivity contribution in [1.29, 1.82) is 0 Å². The number of aryl methyl sites for hydroxylation is 2. The van der Waals surface area contributed by atoms with E-state index in [0.717, 1.165) is 16.8 Å². The second kappa shape index (κ2) is 8.47. The molecule has 0 saturated heterocycles. The molecule has 5 rings (SSSR count). The molecule has 1 aliphatic heterocycles. The lowest BCUT2D eigenvalue weighted by Gasteiger charge is -2.28. The molecule has 5 nitrogen and oxygen atoms in total. The van der Waals surface area contributed by atoms with Crippen LogP contribution in [0.5, 0.6) is 11.6 Å². The molecule has 0 amide bonds. The fourth-order valence-corrected chi connectivity index (χ4v) is 4.69. The third-order valence-electron chi connectivity index (χ3n) is 6.08. The third-order valence-corrected chi connectivity index (χ3v) is 6.44. The van der Waals surface area contributed by atoms with Gasteiger partial charge in [-0.05, 0) is 69.4 Å². The van der Waals surface area contributed by atoms with E-state index in [4.69, 9.17) is 17.0 Å². The average Bonchev–Trinajstić information content (AvgIpc) is 2.81. The quantitative estimate of drug-likeness (QED) is 0.369. The predicted molar refractivity (Wildman–Crippen MR) is 136 cm³/mol. The van der Waals surface area contributed by atoms with Crippen LogP contribution in [0.4, 0.5) is 0 Å². The van der Waals surface area contributed by atoms with Crippen LogP contribution in [0.25, 0.3) is 11.4 Å². The number of fused-ring (bicyclic) bond motifs is 1. The van der Waals surface area contributed by atoms with Crippen LogP contribution in [-0.4, -0.2) is 14.2 Å². The van der Waals surface area contributed by atoms with Crippen LogP contribution in [0, 0.1) is 18.6 Å². The maximum Gasteiger partial charge on any atom is 0.266 e. The summed E-state index contributed by atoms with van der Waals surface area (Å²) in [6, 6.07) is 22.7. The van der Waals surface area contributed by atoms with Crippen molar-refractivity contribution in [3.63, 3.8) is 0 Å². The van der Waals surface area contributed by atoms with Gasteiger partial charge in [0.25, 0.3) is 5.56 Å². The molecule has 1 N–H and O–H groups in total. The molecule has 170 valence electrons. The summed E-state index contributed by atoms with van der Waals surface area (Å²) in [5.74, 6) is 0.621. The van der Waals surface area contributed by atoms with Crippen LogP contribution >= 0.6 is 12.2 Å². The largest absolute Gasteiger partial charge is 0.508 e. The number of nitrogens with zero attached hydrogens (tertiary/aromatic N) is 2. The molecule has 0 spiro atoms. The second-order valence-corrected chi connectivity index (χ2v) is 8.93. The van der Waals surface area contributed by atoms with Crippen molar-refractivity contribution in [3.8, 4) is 23.0 Å². The zero-order chi connectivity index (χ0) is 24.0. The van der Waals surface area contributed by atoms with Crippen molar-refractivity contribution in [2.75, 3.05) is 0 Å². The Kier molecular flexibility index (Phi) is 5.46. The maximum absolute atomic E-state index is 14.1. The molecule has 6 heteroatoms. The predicted octanol–water partition coefficient (Wildman–Crippen LogP) is 6.11. The molecular weight excluding hydrogens is 444 g/mol. The summed E-state index contributed by atoms with van der Waals surface area (Å²) in [6.45, 7) is 5.85. The van der Waals surface area contributed by atoms with E-state index in [-0.39, 0.29) is 11.3 Å². The van der Waals surface area contributed by atoms with Gasteiger partial charge in [-0.25, -0.2) is 0 Å². The standard InChI is InChI=1S/C28H24N2O3S/c1-17-8-12-20(13-9-17)29-26(32)25-23(22-6-4-5-7-24(22)31)16-19(3)33-27(25)30(28(29)34)21-14-10-18(2)11-15-21/h4-16,23,31H,1-3H3. The van der Waals surface area contributed by atoms with Crippen LogP contribution in [0.2, 0.25) is 0 Å². The Bertz CT molecular complexity index is 1550. The highest BCUT2D eigenvalue weighted by Gasteiger charge is 2.32. The van der Waals surface area contributed by atoms with Gasteiger partial charge in [0.15, 0.2) is 4.77 Å². The number of para-hydroxylation sites is 1. The van der Waals surface area contributed by atoms with Gasteiger partial charge in [-0.3, -0.25) is 13.9 Å². The number of ether oxygens (including phenoxy) is 1. The van der Waals surface area contributed by atoms with Gasteiger partial charge in [0.1, 0.15) is 5.75 Å². The molecule has 0 fully saturated rings. The van der Waals surface area contributed by atoms with Crippen LogP contribution < -0.4 is 10.3 Å². The molecule has 4 aromatic rings. The molecule has 0 bridgehead atoms. The molecule has 0 aliphatic carbocycles. The molecule has 3 aromatic carbocycles. The first-order valence-electron chi connectivity index (χ1n) is 11.1. The van der Waals surface area contributed by atoms with Crippen molar-refractivity contribution >= 4 is 12.2 Å². The van der Waals surface area contributed by atoms with Crippen molar-refractivity contribution in [2.45, 2.75) is 26.7 Å². The fourth-order valence-electron chi connectivity index (χ4n) is 4.32. The molecule has 2 heterocycles. The molecule has 34 heavy (non-hydrogen) atoms. The first kappa shape index (κ1) is 21.9. The summed E-state index contributed by atoms with van der Waals surface area (Å²) in [5, 5.41) is 10.6. The van der Waals surface area contributed by atoms with Crippen molar-refractivity contribution in [2.24, 2.45) is 0 Å². The number of phenols is 1. The van der Waals surface area contributed by atoms with Gasteiger partial charge in [-0.2, -0.15) is 0 Å². The number of hydrogen-bond acceptors (Lipinski definition) is 4. The average molecular weight is 469 g/mol. The zero-order valence-electron chi connectivity index (χ0n) is 19.1. The zero-order valence-corrected chi connectivity index (χ0v) is 20.0. The Hall–Kier alpha value is -3.90. The Morgan fingerprint density at radius 1 is 0.824 bits per heavy atom. The molecule has 0 saturated carbocycles. The molecule has 1 aromatic heterocycles.